The van der Waals surface area contributed by atoms with Crippen molar-refractivity contribution in [2.75, 3.05) is 6.54 Å². The Balaban J connectivity index is 1.76. The van der Waals surface area contributed by atoms with E-state index in [1.54, 1.807) is 0 Å². The van der Waals surface area contributed by atoms with Crippen LogP contribution in [0.4, 0.5) is 0 Å². The van der Waals surface area contributed by atoms with Crippen LogP contribution in [0, 0.1) is 0 Å². The second-order valence-corrected chi connectivity index (χ2v) is 4.44. The Morgan fingerprint density at radius 2 is 2.28 bits per heavy atom. The minimum Gasteiger partial charge on any atom is -0.353 e. The highest BCUT2D eigenvalue weighted by atomic mass is 16.5. The van der Waals surface area contributed by atoms with Crippen LogP contribution < -0.4 is 16.6 Å². The van der Waals surface area contributed by atoms with Gasteiger partial charge >= 0.3 is 0 Å². The topological polar surface area (TPSA) is 101 Å². The molecule has 4 N–H and O–H groups in total. The fourth-order valence-electron chi connectivity index (χ4n) is 2.14. The van der Waals surface area contributed by atoms with Gasteiger partial charge in [-0.3, -0.25) is 10.4 Å². The number of nitrogens with two attached hydrogens (primary N) is 1. The van der Waals surface area contributed by atoms with Crippen molar-refractivity contribution in [3.8, 4) is 0 Å². The number of hydrogen-bond acceptors (Lipinski definition) is 5. The van der Waals surface area contributed by atoms with Gasteiger partial charge in [0.2, 0.25) is 11.9 Å². The van der Waals surface area contributed by atoms with Gasteiger partial charge in [0, 0.05) is 12.5 Å². The van der Waals surface area contributed by atoms with Crippen LogP contribution >= 0.6 is 0 Å². The fourth-order valence-corrected chi connectivity index (χ4v) is 2.14. The molecular formula is C11H20N6O. The van der Waals surface area contributed by atoms with Gasteiger partial charge in [0.1, 0.15) is 0 Å². The number of nitrogens with zero attached hydrogens (tertiary/aromatic N) is 3. The van der Waals surface area contributed by atoms with Crippen LogP contribution in [0.3, 0.4) is 0 Å². The van der Waals surface area contributed by atoms with Crippen LogP contribution in [0.15, 0.2) is 15.8 Å². The zero-order valence-corrected chi connectivity index (χ0v) is 10.4. The minimum absolute atomic E-state index is 0.483. The maximum Gasteiger partial charge on any atom is 0.228 e. The molecule has 0 atom stereocenters. The number of hydrogen-bond donors (Lipinski definition) is 3. The lowest BCUT2D eigenvalue weighted by molar-refractivity contribution is 0.378. The third-order valence-electron chi connectivity index (χ3n) is 3.09. The summed E-state index contributed by atoms with van der Waals surface area (Å²) in [4.78, 5) is 8.29. The average molecular weight is 252 g/mol. The van der Waals surface area contributed by atoms with Crippen molar-refractivity contribution in [3.63, 3.8) is 0 Å². The first-order chi connectivity index (χ1) is 8.88. The summed E-state index contributed by atoms with van der Waals surface area (Å²) in [5.41, 5.74) is 2.60. The summed E-state index contributed by atoms with van der Waals surface area (Å²) in [5, 5.41) is 6.88. The molecule has 0 unspecified atom stereocenters. The summed E-state index contributed by atoms with van der Waals surface area (Å²) < 4.78 is 4.90. The molecule has 7 nitrogen and oxygen atoms in total. The molecule has 0 aliphatic heterocycles. The Labute approximate surface area is 106 Å². The lowest BCUT2D eigenvalue weighted by Crippen LogP contribution is -2.47. The van der Waals surface area contributed by atoms with Crippen LogP contribution in [-0.2, 0) is 6.42 Å². The first-order valence-electron chi connectivity index (χ1n) is 6.41. The number of rotatable bonds is 4. The highest BCUT2D eigenvalue weighted by Gasteiger charge is 2.14. The van der Waals surface area contributed by atoms with E-state index >= 15 is 0 Å². The SMILES string of the molecule is NNC(=NCCc1ncno1)NC1CCCCC1. The van der Waals surface area contributed by atoms with Gasteiger partial charge in [-0.05, 0) is 12.8 Å². The van der Waals surface area contributed by atoms with Gasteiger partial charge in [-0.25, -0.2) is 5.84 Å². The molecule has 1 aromatic rings. The Morgan fingerprint density at radius 3 is 2.94 bits per heavy atom. The number of guanidine groups is 1. The van der Waals surface area contributed by atoms with Gasteiger partial charge in [-0.1, -0.05) is 24.4 Å². The normalized spacial score (nSPS) is 17.7. The van der Waals surface area contributed by atoms with Crippen LogP contribution in [0.1, 0.15) is 38.0 Å². The smallest absolute Gasteiger partial charge is 0.228 e. The maximum atomic E-state index is 5.45. The molecule has 7 heteroatoms. The van der Waals surface area contributed by atoms with Crippen molar-refractivity contribution in [3.05, 3.63) is 12.2 Å². The molecule has 0 amide bonds. The predicted molar refractivity (Wildman–Crippen MR) is 67.6 cm³/mol. The molecule has 1 aliphatic carbocycles. The zero-order valence-electron chi connectivity index (χ0n) is 10.4. The van der Waals surface area contributed by atoms with E-state index in [2.05, 4.69) is 25.9 Å². The Morgan fingerprint density at radius 1 is 1.44 bits per heavy atom. The number of nitrogens with one attached hydrogen (secondary N) is 2. The van der Waals surface area contributed by atoms with E-state index in [1.807, 2.05) is 0 Å². The van der Waals surface area contributed by atoms with E-state index in [0.717, 1.165) is 0 Å². The van der Waals surface area contributed by atoms with Crippen molar-refractivity contribution >= 4 is 5.96 Å². The van der Waals surface area contributed by atoms with Crippen LogP contribution in [-0.4, -0.2) is 28.7 Å². The number of aromatic nitrogens is 2. The van der Waals surface area contributed by atoms with E-state index in [4.69, 9.17) is 10.4 Å². The molecule has 2 rings (SSSR count). The first kappa shape index (κ1) is 12.8. The average Bonchev–Trinajstić information content (AvgIpc) is 2.92. The molecule has 0 saturated heterocycles. The molecule has 1 saturated carbocycles. The quantitative estimate of drug-likeness (QED) is 0.309. The molecule has 0 radical (unpaired) electrons. The molecule has 0 aromatic carbocycles. The second kappa shape index (κ2) is 6.95. The Kier molecular flexibility index (Phi) is 4.95. The van der Waals surface area contributed by atoms with Gasteiger partial charge < -0.3 is 9.84 Å². The van der Waals surface area contributed by atoms with E-state index in [-0.39, 0.29) is 0 Å². The lowest BCUT2D eigenvalue weighted by atomic mass is 9.96. The molecule has 0 bridgehead atoms. The fraction of sp³-hybridized carbons (Fsp3) is 0.727. The van der Waals surface area contributed by atoms with Gasteiger partial charge in [-0.2, -0.15) is 4.98 Å². The molecule has 1 aliphatic rings. The molecule has 1 aromatic heterocycles. The Hall–Kier alpha value is -1.63. The monoisotopic (exact) mass is 252 g/mol. The predicted octanol–water partition coefficient (Wildman–Crippen LogP) is 0.354. The van der Waals surface area contributed by atoms with Crippen LogP contribution in [0.25, 0.3) is 0 Å². The van der Waals surface area contributed by atoms with E-state index in [9.17, 15) is 0 Å². The summed E-state index contributed by atoms with van der Waals surface area (Å²) in [5.74, 6) is 6.69. The molecular weight excluding hydrogens is 232 g/mol. The summed E-state index contributed by atoms with van der Waals surface area (Å²) in [6.07, 6.45) is 8.26. The maximum absolute atomic E-state index is 5.45. The van der Waals surface area contributed by atoms with Crippen molar-refractivity contribution < 1.29 is 4.52 Å². The lowest BCUT2D eigenvalue weighted by Gasteiger charge is -2.24. The Bertz CT molecular complexity index is 358. The summed E-state index contributed by atoms with van der Waals surface area (Å²) in [6.45, 7) is 0.571. The second-order valence-electron chi connectivity index (χ2n) is 4.44. The molecule has 1 fully saturated rings. The molecule has 18 heavy (non-hydrogen) atoms. The molecule has 100 valence electrons. The van der Waals surface area contributed by atoms with E-state index in [0.29, 0.717) is 30.9 Å². The largest absolute Gasteiger partial charge is 0.353 e. The third-order valence-corrected chi connectivity index (χ3v) is 3.09. The van der Waals surface area contributed by atoms with E-state index in [1.165, 1.54) is 38.4 Å². The van der Waals surface area contributed by atoms with E-state index < -0.39 is 0 Å². The number of hydrazine groups is 1. The summed E-state index contributed by atoms with van der Waals surface area (Å²) in [7, 11) is 0. The molecule has 1 heterocycles. The first-order valence-corrected chi connectivity index (χ1v) is 6.41. The van der Waals surface area contributed by atoms with Crippen LogP contribution in [0.5, 0.6) is 0 Å². The standard InChI is InChI=1S/C11H20N6O/c12-17-11(16-9-4-2-1-3-5-9)13-7-6-10-14-8-15-18-10/h8-9H,1-7,12H2,(H2,13,16,17). The van der Waals surface area contributed by atoms with Crippen molar-refractivity contribution in [2.45, 2.75) is 44.6 Å². The van der Waals surface area contributed by atoms with Gasteiger partial charge in [0.05, 0.1) is 6.54 Å². The third kappa shape index (κ3) is 3.99. The van der Waals surface area contributed by atoms with Crippen molar-refractivity contribution in [1.82, 2.24) is 20.9 Å². The van der Waals surface area contributed by atoms with Gasteiger partial charge in [-0.15, -0.1) is 0 Å². The van der Waals surface area contributed by atoms with Crippen molar-refractivity contribution in [1.29, 1.82) is 0 Å². The summed E-state index contributed by atoms with van der Waals surface area (Å²) in [6, 6.07) is 0.483. The highest BCUT2D eigenvalue weighted by Crippen LogP contribution is 2.17. The molecule has 0 spiro atoms. The van der Waals surface area contributed by atoms with Crippen molar-refractivity contribution in [2.24, 2.45) is 10.8 Å². The zero-order chi connectivity index (χ0) is 12.6. The van der Waals surface area contributed by atoms with Gasteiger partial charge in [0.15, 0.2) is 6.33 Å². The minimum atomic E-state index is 0.483. The van der Waals surface area contributed by atoms with Crippen LogP contribution in [0.2, 0.25) is 0 Å². The summed E-state index contributed by atoms with van der Waals surface area (Å²) >= 11 is 0. The number of aliphatic imine (C=N–C) groups is 1. The van der Waals surface area contributed by atoms with Gasteiger partial charge in [0.25, 0.3) is 0 Å². The highest BCUT2D eigenvalue weighted by molar-refractivity contribution is 5.79.